The molecule has 0 saturated heterocycles. The molecule has 15 heavy (non-hydrogen) atoms. The Bertz CT molecular complexity index is 339. The van der Waals surface area contributed by atoms with Crippen LogP contribution in [0.5, 0.6) is 0 Å². The summed E-state index contributed by atoms with van der Waals surface area (Å²) in [6.07, 6.45) is 3.16. The molecule has 2 aromatic rings. The van der Waals surface area contributed by atoms with Gasteiger partial charge in [0.1, 0.15) is 6.17 Å². The Morgan fingerprint density at radius 3 is 2.00 bits per heavy atom. The quantitative estimate of drug-likeness (QED) is 0.692. The second-order valence-electron chi connectivity index (χ2n) is 2.70. The summed E-state index contributed by atoms with van der Waals surface area (Å²) in [4.78, 5) is 8.15. The largest absolute Gasteiger partial charge is 0.392 e. The second kappa shape index (κ2) is 5.06. The van der Waals surface area contributed by atoms with Crippen LogP contribution in [0, 0.1) is 0 Å². The SMILES string of the molecule is OCC(Nc1nccs1)Nc1nccs1. The number of aliphatic hydroxyl groups excluding tert-OH is 1. The van der Waals surface area contributed by atoms with Gasteiger partial charge in [0, 0.05) is 23.2 Å². The van der Waals surface area contributed by atoms with Crippen molar-refractivity contribution in [2.75, 3.05) is 17.2 Å². The first kappa shape index (κ1) is 10.3. The Balaban J connectivity index is 1.93. The van der Waals surface area contributed by atoms with Gasteiger partial charge in [0.25, 0.3) is 0 Å². The molecule has 5 nitrogen and oxygen atoms in total. The van der Waals surface area contributed by atoms with Gasteiger partial charge in [0.15, 0.2) is 10.3 Å². The molecule has 0 spiro atoms. The Morgan fingerprint density at radius 1 is 1.13 bits per heavy atom. The van der Waals surface area contributed by atoms with Crippen molar-refractivity contribution in [3.63, 3.8) is 0 Å². The van der Waals surface area contributed by atoms with E-state index in [1.54, 1.807) is 12.4 Å². The lowest BCUT2D eigenvalue weighted by Crippen LogP contribution is -2.32. The van der Waals surface area contributed by atoms with Crippen LogP contribution in [0.4, 0.5) is 10.3 Å². The molecule has 0 aliphatic rings. The van der Waals surface area contributed by atoms with Crippen molar-refractivity contribution < 1.29 is 5.11 Å². The van der Waals surface area contributed by atoms with Crippen molar-refractivity contribution in [1.82, 2.24) is 9.97 Å². The highest BCUT2D eigenvalue weighted by Gasteiger charge is 2.08. The van der Waals surface area contributed by atoms with Gasteiger partial charge >= 0.3 is 0 Å². The third kappa shape index (κ3) is 2.88. The molecule has 7 heteroatoms. The average molecular weight is 242 g/mol. The minimum absolute atomic E-state index is 0.0286. The Morgan fingerprint density at radius 2 is 1.67 bits per heavy atom. The molecule has 0 aliphatic heterocycles. The molecular weight excluding hydrogens is 232 g/mol. The number of hydrogen-bond acceptors (Lipinski definition) is 7. The molecule has 2 rings (SSSR count). The van der Waals surface area contributed by atoms with Crippen LogP contribution in [-0.2, 0) is 0 Å². The number of nitrogens with one attached hydrogen (secondary N) is 2. The number of hydrogen-bond donors (Lipinski definition) is 3. The highest BCUT2D eigenvalue weighted by atomic mass is 32.1. The lowest BCUT2D eigenvalue weighted by molar-refractivity contribution is 0.284. The molecule has 0 bridgehead atoms. The maximum Gasteiger partial charge on any atom is 0.184 e. The number of rotatable bonds is 5. The fourth-order valence-corrected chi connectivity index (χ4v) is 2.18. The summed E-state index contributed by atoms with van der Waals surface area (Å²) in [7, 11) is 0. The van der Waals surface area contributed by atoms with Crippen LogP contribution in [0.25, 0.3) is 0 Å². The lowest BCUT2D eigenvalue weighted by Gasteiger charge is -2.16. The predicted molar refractivity (Wildman–Crippen MR) is 62.3 cm³/mol. The van der Waals surface area contributed by atoms with E-state index in [0.717, 1.165) is 10.3 Å². The van der Waals surface area contributed by atoms with Crippen LogP contribution in [0.3, 0.4) is 0 Å². The van der Waals surface area contributed by atoms with E-state index in [1.165, 1.54) is 22.7 Å². The van der Waals surface area contributed by atoms with Gasteiger partial charge in [-0.2, -0.15) is 0 Å². The normalized spacial score (nSPS) is 10.5. The molecule has 0 aromatic carbocycles. The van der Waals surface area contributed by atoms with Gasteiger partial charge < -0.3 is 15.7 Å². The van der Waals surface area contributed by atoms with Gasteiger partial charge in [-0.25, -0.2) is 9.97 Å². The van der Waals surface area contributed by atoms with Crippen molar-refractivity contribution in [3.8, 4) is 0 Å². The van der Waals surface area contributed by atoms with Gasteiger partial charge in [-0.1, -0.05) is 0 Å². The van der Waals surface area contributed by atoms with E-state index in [2.05, 4.69) is 20.6 Å². The maximum atomic E-state index is 9.15. The summed E-state index contributed by atoms with van der Waals surface area (Å²) in [6, 6.07) is 0. The zero-order valence-electron chi connectivity index (χ0n) is 7.75. The molecule has 0 atom stereocenters. The maximum absolute atomic E-state index is 9.15. The molecule has 0 fully saturated rings. The van der Waals surface area contributed by atoms with Gasteiger partial charge in [-0.05, 0) is 0 Å². The van der Waals surface area contributed by atoms with Crippen LogP contribution in [-0.4, -0.2) is 27.8 Å². The van der Waals surface area contributed by atoms with E-state index in [4.69, 9.17) is 5.11 Å². The van der Waals surface area contributed by atoms with E-state index in [1.807, 2.05) is 10.8 Å². The topological polar surface area (TPSA) is 70.1 Å². The van der Waals surface area contributed by atoms with Gasteiger partial charge in [0.2, 0.25) is 0 Å². The number of anilines is 2. The molecule has 3 N–H and O–H groups in total. The van der Waals surface area contributed by atoms with Crippen LogP contribution < -0.4 is 10.6 Å². The number of aliphatic hydroxyl groups is 1. The second-order valence-corrected chi connectivity index (χ2v) is 4.49. The zero-order valence-corrected chi connectivity index (χ0v) is 9.38. The molecule has 0 radical (unpaired) electrons. The van der Waals surface area contributed by atoms with Crippen LogP contribution in [0.2, 0.25) is 0 Å². The Kier molecular flexibility index (Phi) is 3.49. The molecule has 0 saturated carbocycles. The minimum atomic E-state index is -0.262. The molecule has 0 unspecified atom stereocenters. The summed E-state index contributed by atoms with van der Waals surface area (Å²) in [6.45, 7) is -0.0286. The highest BCUT2D eigenvalue weighted by Crippen LogP contribution is 2.15. The third-order valence-electron chi connectivity index (χ3n) is 1.64. The first-order valence-corrected chi connectivity index (χ1v) is 6.07. The smallest absolute Gasteiger partial charge is 0.184 e. The van der Waals surface area contributed by atoms with E-state index in [9.17, 15) is 0 Å². The van der Waals surface area contributed by atoms with E-state index < -0.39 is 0 Å². The number of aromatic nitrogens is 2. The van der Waals surface area contributed by atoms with Crippen molar-refractivity contribution in [2.45, 2.75) is 6.17 Å². The summed E-state index contributed by atoms with van der Waals surface area (Å²) < 4.78 is 0. The summed E-state index contributed by atoms with van der Waals surface area (Å²) >= 11 is 2.98. The number of nitrogens with zero attached hydrogens (tertiary/aromatic N) is 2. The van der Waals surface area contributed by atoms with Gasteiger partial charge in [-0.15, -0.1) is 22.7 Å². The zero-order chi connectivity index (χ0) is 10.5. The standard InChI is InChI=1S/C8H10N4OS2/c13-5-6(11-7-9-1-3-14-7)12-8-10-2-4-15-8/h1-4,6,13H,5H2,(H,9,11)(H,10,12). The fourth-order valence-electron chi connectivity index (χ4n) is 1.01. The predicted octanol–water partition coefficient (Wildman–Crippen LogP) is 1.44. The minimum Gasteiger partial charge on any atom is -0.392 e. The lowest BCUT2D eigenvalue weighted by atomic mass is 10.5. The average Bonchev–Trinajstić information content (AvgIpc) is 2.89. The number of thiazole rings is 2. The van der Waals surface area contributed by atoms with E-state index >= 15 is 0 Å². The Labute approximate surface area is 94.8 Å². The highest BCUT2D eigenvalue weighted by molar-refractivity contribution is 7.14. The van der Waals surface area contributed by atoms with Crippen molar-refractivity contribution in [3.05, 3.63) is 23.2 Å². The molecule has 80 valence electrons. The summed E-state index contributed by atoms with van der Waals surface area (Å²) in [5.41, 5.74) is 0. The molecule has 2 heterocycles. The monoisotopic (exact) mass is 242 g/mol. The summed E-state index contributed by atoms with van der Waals surface area (Å²) in [5.74, 6) is 0. The van der Waals surface area contributed by atoms with Crippen molar-refractivity contribution in [2.24, 2.45) is 0 Å². The molecule has 0 aliphatic carbocycles. The van der Waals surface area contributed by atoms with Gasteiger partial charge in [-0.3, -0.25) is 0 Å². The van der Waals surface area contributed by atoms with E-state index in [0.29, 0.717) is 0 Å². The molecule has 0 amide bonds. The van der Waals surface area contributed by atoms with E-state index in [-0.39, 0.29) is 12.8 Å². The first-order valence-electron chi connectivity index (χ1n) is 4.31. The van der Waals surface area contributed by atoms with Crippen molar-refractivity contribution >= 4 is 32.9 Å². The summed E-state index contributed by atoms with van der Waals surface area (Å²) in [5, 5.41) is 20.6. The molecular formula is C8H10N4OS2. The first-order chi connectivity index (χ1) is 7.38. The van der Waals surface area contributed by atoms with Crippen molar-refractivity contribution in [1.29, 1.82) is 0 Å². The molecule has 2 aromatic heterocycles. The van der Waals surface area contributed by atoms with Crippen LogP contribution >= 0.6 is 22.7 Å². The fraction of sp³-hybridized carbons (Fsp3) is 0.250. The third-order valence-corrected chi connectivity index (χ3v) is 3.05. The van der Waals surface area contributed by atoms with Crippen LogP contribution in [0.1, 0.15) is 0 Å². The Hall–Kier alpha value is -1.18. The van der Waals surface area contributed by atoms with Gasteiger partial charge in [0.05, 0.1) is 6.61 Å². The van der Waals surface area contributed by atoms with Crippen LogP contribution in [0.15, 0.2) is 23.2 Å².